The van der Waals surface area contributed by atoms with E-state index in [2.05, 4.69) is 16.2 Å². The largest absolute Gasteiger partial charge is 0.473 e. The van der Waals surface area contributed by atoms with Crippen LogP contribution in [0.3, 0.4) is 0 Å². The van der Waals surface area contributed by atoms with Crippen LogP contribution in [0, 0.1) is 11.3 Å². The van der Waals surface area contributed by atoms with Crippen LogP contribution in [0.2, 0.25) is 0 Å². The molecule has 7 heteroatoms. The highest BCUT2D eigenvalue weighted by Crippen LogP contribution is 2.20. The molecule has 0 amide bonds. The minimum atomic E-state index is -1.03. The summed E-state index contributed by atoms with van der Waals surface area (Å²) in [5, 5.41) is 23.0. The smallest absolute Gasteiger partial charge is 0.218 e. The summed E-state index contributed by atoms with van der Waals surface area (Å²) in [6.07, 6.45) is 2.13. The van der Waals surface area contributed by atoms with E-state index in [4.69, 9.17) is 14.7 Å². The molecule has 25 heavy (non-hydrogen) atoms. The summed E-state index contributed by atoms with van der Waals surface area (Å²) in [6.45, 7) is 0.293. The monoisotopic (exact) mass is 336 g/mol. The molecule has 0 fully saturated rings. The van der Waals surface area contributed by atoms with Crippen LogP contribution in [0.15, 0.2) is 54.9 Å². The van der Waals surface area contributed by atoms with Crippen molar-refractivity contribution in [3.8, 4) is 17.8 Å². The van der Waals surface area contributed by atoms with Crippen LogP contribution in [0.4, 0.5) is 0 Å². The van der Waals surface area contributed by atoms with E-state index in [1.54, 1.807) is 42.7 Å². The molecule has 0 saturated carbocycles. The van der Waals surface area contributed by atoms with E-state index < -0.39 is 6.29 Å². The summed E-state index contributed by atoms with van der Waals surface area (Å²) in [5.41, 5.74) is 2.02. The SMILES string of the molecule is COC(O)c1ccnc(-n2nccc2OCc2cccc(C#N)c2)c1. The highest BCUT2D eigenvalue weighted by atomic mass is 16.6. The number of nitrogens with zero attached hydrogens (tertiary/aromatic N) is 4. The first kappa shape index (κ1) is 16.6. The average Bonchev–Trinajstić information content (AvgIpc) is 3.14. The van der Waals surface area contributed by atoms with Crippen LogP contribution in [0.25, 0.3) is 5.82 Å². The van der Waals surface area contributed by atoms with Crippen molar-refractivity contribution in [1.29, 1.82) is 5.26 Å². The number of aliphatic hydroxyl groups is 1. The number of methoxy groups -OCH3 is 1. The molecule has 0 saturated heterocycles. The van der Waals surface area contributed by atoms with Crippen molar-refractivity contribution < 1.29 is 14.6 Å². The summed E-state index contributed by atoms with van der Waals surface area (Å²) in [4.78, 5) is 4.25. The first-order chi connectivity index (χ1) is 12.2. The molecule has 126 valence electrons. The first-order valence-electron chi connectivity index (χ1n) is 7.54. The fraction of sp³-hybridized carbons (Fsp3) is 0.167. The predicted octanol–water partition coefficient (Wildman–Crippen LogP) is 2.36. The number of ether oxygens (including phenoxy) is 2. The Labute approximate surface area is 144 Å². The zero-order valence-corrected chi connectivity index (χ0v) is 13.5. The van der Waals surface area contributed by atoms with Crippen molar-refractivity contribution in [2.45, 2.75) is 12.9 Å². The molecule has 0 radical (unpaired) electrons. The van der Waals surface area contributed by atoms with Crippen molar-refractivity contribution in [3.63, 3.8) is 0 Å². The van der Waals surface area contributed by atoms with Crippen LogP contribution >= 0.6 is 0 Å². The normalized spacial score (nSPS) is 11.7. The summed E-state index contributed by atoms with van der Waals surface area (Å²) in [6, 6.07) is 14.4. The molecule has 0 aliphatic carbocycles. The van der Waals surface area contributed by atoms with E-state index in [1.807, 2.05) is 12.1 Å². The van der Waals surface area contributed by atoms with Gasteiger partial charge in [-0.15, -0.1) is 0 Å². The Kier molecular flexibility index (Phi) is 5.04. The van der Waals surface area contributed by atoms with Gasteiger partial charge in [0.15, 0.2) is 12.1 Å². The number of aliphatic hydroxyl groups excluding tert-OH is 1. The topological polar surface area (TPSA) is 93.2 Å². The van der Waals surface area contributed by atoms with Crippen LogP contribution < -0.4 is 4.74 Å². The minimum absolute atomic E-state index is 0.293. The van der Waals surface area contributed by atoms with Gasteiger partial charge in [0.2, 0.25) is 5.88 Å². The van der Waals surface area contributed by atoms with Gasteiger partial charge in [0.05, 0.1) is 17.8 Å². The number of hydrogen-bond acceptors (Lipinski definition) is 6. The second-order valence-corrected chi connectivity index (χ2v) is 5.22. The van der Waals surface area contributed by atoms with Crippen LogP contribution in [-0.4, -0.2) is 27.0 Å². The molecule has 2 aromatic heterocycles. The van der Waals surface area contributed by atoms with E-state index in [0.717, 1.165) is 5.56 Å². The number of hydrogen-bond donors (Lipinski definition) is 1. The van der Waals surface area contributed by atoms with Gasteiger partial charge in [0, 0.05) is 24.9 Å². The van der Waals surface area contributed by atoms with Gasteiger partial charge in [-0.3, -0.25) is 0 Å². The van der Waals surface area contributed by atoms with Gasteiger partial charge in [-0.25, -0.2) is 4.98 Å². The lowest BCUT2D eigenvalue weighted by atomic mass is 10.1. The van der Waals surface area contributed by atoms with Gasteiger partial charge in [0.25, 0.3) is 0 Å². The van der Waals surface area contributed by atoms with E-state index >= 15 is 0 Å². The lowest BCUT2D eigenvalue weighted by Crippen LogP contribution is -2.07. The molecule has 1 aromatic carbocycles. The Morgan fingerprint density at radius 3 is 2.92 bits per heavy atom. The van der Waals surface area contributed by atoms with E-state index in [-0.39, 0.29) is 0 Å². The van der Waals surface area contributed by atoms with Crippen LogP contribution in [-0.2, 0) is 11.3 Å². The van der Waals surface area contributed by atoms with E-state index in [1.165, 1.54) is 11.8 Å². The molecule has 7 nitrogen and oxygen atoms in total. The fourth-order valence-electron chi connectivity index (χ4n) is 2.30. The number of pyridine rings is 1. The number of benzene rings is 1. The van der Waals surface area contributed by atoms with Crippen molar-refractivity contribution >= 4 is 0 Å². The highest BCUT2D eigenvalue weighted by molar-refractivity contribution is 5.34. The lowest BCUT2D eigenvalue weighted by Gasteiger charge is -2.12. The molecule has 1 atom stereocenters. The molecule has 0 bridgehead atoms. The molecule has 0 spiro atoms. The Morgan fingerprint density at radius 2 is 2.12 bits per heavy atom. The lowest BCUT2D eigenvalue weighted by molar-refractivity contribution is -0.0769. The summed E-state index contributed by atoms with van der Waals surface area (Å²) in [7, 11) is 1.42. The van der Waals surface area contributed by atoms with Gasteiger partial charge in [-0.05, 0) is 29.8 Å². The van der Waals surface area contributed by atoms with E-state index in [9.17, 15) is 5.11 Å². The standard InChI is InChI=1S/C18H16N4O3/c1-24-18(23)15-5-7-20-16(10-15)22-17(6-8-21-22)25-12-14-4-2-3-13(9-14)11-19/h2-10,18,23H,12H2,1H3. The van der Waals surface area contributed by atoms with Crippen molar-refractivity contribution in [2.24, 2.45) is 0 Å². The molecular weight excluding hydrogens is 320 g/mol. The quantitative estimate of drug-likeness (QED) is 0.695. The van der Waals surface area contributed by atoms with Crippen molar-refractivity contribution in [1.82, 2.24) is 14.8 Å². The molecule has 3 rings (SSSR count). The zero-order chi connectivity index (χ0) is 17.6. The van der Waals surface area contributed by atoms with Crippen LogP contribution in [0.1, 0.15) is 23.0 Å². The second kappa shape index (κ2) is 7.57. The number of nitriles is 1. The third-order valence-electron chi connectivity index (χ3n) is 3.55. The predicted molar refractivity (Wildman–Crippen MR) is 88.8 cm³/mol. The third kappa shape index (κ3) is 3.83. The maximum atomic E-state index is 9.78. The van der Waals surface area contributed by atoms with Crippen molar-refractivity contribution in [2.75, 3.05) is 7.11 Å². The van der Waals surface area contributed by atoms with Gasteiger partial charge in [-0.1, -0.05) is 12.1 Å². The number of rotatable bonds is 6. The molecule has 0 aliphatic rings. The first-order valence-corrected chi connectivity index (χ1v) is 7.54. The Balaban J connectivity index is 1.80. The summed E-state index contributed by atoms with van der Waals surface area (Å²) < 4.78 is 12.2. The fourth-order valence-corrected chi connectivity index (χ4v) is 2.30. The third-order valence-corrected chi connectivity index (χ3v) is 3.55. The van der Waals surface area contributed by atoms with Gasteiger partial charge < -0.3 is 14.6 Å². The van der Waals surface area contributed by atoms with E-state index in [0.29, 0.717) is 29.4 Å². The molecule has 3 aromatic rings. The minimum Gasteiger partial charge on any atom is -0.473 e. The Bertz CT molecular complexity index is 901. The average molecular weight is 336 g/mol. The molecule has 2 heterocycles. The second-order valence-electron chi connectivity index (χ2n) is 5.22. The molecule has 1 N–H and O–H groups in total. The Hall–Kier alpha value is -3.21. The maximum Gasteiger partial charge on any atom is 0.218 e. The highest BCUT2D eigenvalue weighted by Gasteiger charge is 2.11. The van der Waals surface area contributed by atoms with Crippen LogP contribution in [0.5, 0.6) is 5.88 Å². The van der Waals surface area contributed by atoms with Crippen molar-refractivity contribution in [3.05, 3.63) is 71.5 Å². The molecule has 1 unspecified atom stereocenters. The Morgan fingerprint density at radius 1 is 1.24 bits per heavy atom. The summed E-state index contributed by atoms with van der Waals surface area (Å²) >= 11 is 0. The van der Waals surface area contributed by atoms with Gasteiger partial charge >= 0.3 is 0 Å². The number of aromatic nitrogens is 3. The van der Waals surface area contributed by atoms with Gasteiger partial charge in [0.1, 0.15) is 6.61 Å². The summed E-state index contributed by atoms with van der Waals surface area (Å²) in [5.74, 6) is 0.998. The molecular formula is C18H16N4O3. The molecule has 0 aliphatic heterocycles. The zero-order valence-electron chi connectivity index (χ0n) is 13.5. The maximum absolute atomic E-state index is 9.78. The van der Waals surface area contributed by atoms with Gasteiger partial charge in [-0.2, -0.15) is 15.0 Å².